The van der Waals surface area contributed by atoms with Crippen molar-refractivity contribution in [3.05, 3.63) is 55.9 Å². The smallest absolute Gasteiger partial charge is 0.255 e. The van der Waals surface area contributed by atoms with E-state index in [4.69, 9.17) is 11.6 Å². The largest absolute Gasteiger partial charge is 0.321 e. The zero-order valence-corrected chi connectivity index (χ0v) is 17.4. The average Bonchev–Trinajstić information content (AvgIpc) is 2.50. The first-order valence-corrected chi connectivity index (χ1v) is 10.0. The minimum Gasteiger partial charge on any atom is -0.321 e. The zero-order valence-electron chi connectivity index (χ0n) is 12.7. The molecule has 0 aromatic heterocycles. The van der Waals surface area contributed by atoms with Gasteiger partial charge >= 0.3 is 0 Å². The van der Waals surface area contributed by atoms with E-state index in [1.165, 1.54) is 32.3 Å². The lowest BCUT2D eigenvalue weighted by atomic mass is 10.2. The molecule has 0 atom stereocenters. The monoisotopic (exact) mass is 494 g/mol. The fourth-order valence-corrected chi connectivity index (χ4v) is 3.93. The standard InChI is InChI=1S/C15H13Br2ClN2O3S/c1-20(2)24(22,23)14-7-9(3-6-12(14)18)15(21)19-13-8-10(16)4-5-11(13)17/h3-8H,1-2H3,(H,19,21). The van der Waals surface area contributed by atoms with Crippen molar-refractivity contribution in [2.24, 2.45) is 0 Å². The number of amides is 1. The maximum Gasteiger partial charge on any atom is 0.255 e. The van der Waals surface area contributed by atoms with Gasteiger partial charge in [-0.15, -0.1) is 0 Å². The van der Waals surface area contributed by atoms with Crippen molar-refractivity contribution in [1.82, 2.24) is 4.31 Å². The van der Waals surface area contributed by atoms with Crippen LogP contribution in [0.25, 0.3) is 0 Å². The van der Waals surface area contributed by atoms with Crippen LogP contribution in [0.5, 0.6) is 0 Å². The SMILES string of the molecule is CN(C)S(=O)(=O)c1cc(C(=O)Nc2cc(Br)ccc2Br)ccc1Cl. The Balaban J connectivity index is 2.39. The van der Waals surface area contributed by atoms with E-state index >= 15 is 0 Å². The molecular formula is C15H13Br2ClN2O3S. The topological polar surface area (TPSA) is 66.5 Å². The fourth-order valence-electron chi connectivity index (χ4n) is 1.83. The molecule has 0 saturated heterocycles. The molecule has 24 heavy (non-hydrogen) atoms. The van der Waals surface area contributed by atoms with E-state index in [-0.39, 0.29) is 15.5 Å². The number of rotatable bonds is 4. The molecule has 0 aliphatic rings. The number of hydrogen-bond donors (Lipinski definition) is 1. The van der Waals surface area contributed by atoms with E-state index in [1.54, 1.807) is 12.1 Å². The molecule has 0 fully saturated rings. The summed E-state index contributed by atoms with van der Waals surface area (Å²) >= 11 is 12.7. The third-order valence-corrected chi connectivity index (χ3v) is 6.61. The molecule has 0 bridgehead atoms. The van der Waals surface area contributed by atoms with Crippen LogP contribution < -0.4 is 5.32 Å². The van der Waals surface area contributed by atoms with Crippen molar-refractivity contribution in [2.45, 2.75) is 4.90 Å². The van der Waals surface area contributed by atoms with E-state index in [0.29, 0.717) is 10.2 Å². The lowest BCUT2D eigenvalue weighted by Crippen LogP contribution is -2.23. The van der Waals surface area contributed by atoms with Crippen LogP contribution in [0.2, 0.25) is 5.02 Å². The number of carbonyl (C=O) groups excluding carboxylic acids is 1. The van der Waals surface area contributed by atoms with Gasteiger partial charge in [0, 0.05) is 28.6 Å². The highest BCUT2D eigenvalue weighted by molar-refractivity contribution is 9.11. The number of anilines is 1. The molecule has 0 unspecified atom stereocenters. The number of benzene rings is 2. The molecule has 0 aliphatic heterocycles. The van der Waals surface area contributed by atoms with Gasteiger partial charge in [-0.25, -0.2) is 12.7 Å². The van der Waals surface area contributed by atoms with E-state index in [2.05, 4.69) is 37.2 Å². The Morgan fingerprint density at radius 1 is 1.12 bits per heavy atom. The number of sulfonamides is 1. The van der Waals surface area contributed by atoms with Gasteiger partial charge in [-0.3, -0.25) is 4.79 Å². The third kappa shape index (κ3) is 4.18. The van der Waals surface area contributed by atoms with Gasteiger partial charge in [0.1, 0.15) is 4.90 Å². The molecule has 2 rings (SSSR count). The molecule has 0 heterocycles. The summed E-state index contributed by atoms with van der Waals surface area (Å²) < 4.78 is 27.1. The van der Waals surface area contributed by atoms with Gasteiger partial charge in [0.15, 0.2) is 0 Å². The maximum atomic E-state index is 12.4. The minimum absolute atomic E-state index is 0.0592. The number of nitrogens with one attached hydrogen (secondary N) is 1. The summed E-state index contributed by atoms with van der Waals surface area (Å²) in [5.74, 6) is -0.444. The second-order valence-corrected chi connectivity index (χ2v) is 9.31. The lowest BCUT2D eigenvalue weighted by molar-refractivity contribution is 0.102. The van der Waals surface area contributed by atoms with Crippen molar-refractivity contribution in [1.29, 1.82) is 0 Å². The van der Waals surface area contributed by atoms with Crippen molar-refractivity contribution < 1.29 is 13.2 Å². The Morgan fingerprint density at radius 2 is 1.79 bits per heavy atom. The van der Waals surface area contributed by atoms with Crippen molar-refractivity contribution in [2.75, 3.05) is 19.4 Å². The predicted molar refractivity (Wildman–Crippen MR) is 102 cm³/mol. The van der Waals surface area contributed by atoms with Gasteiger partial charge in [-0.1, -0.05) is 27.5 Å². The highest BCUT2D eigenvalue weighted by Crippen LogP contribution is 2.28. The van der Waals surface area contributed by atoms with Crippen molar-refractivity contribution >= 4 is 65.1 Å². The number of carbonyl (C=O) groups is 1. The first-order valence-electron chi connectivity index (χ1n) is 6.61. The van der Waals surface area contributed by atoms with Gasteiger partial charge in [-0.2, -0.15) is 0 Å². The van der Waals surface area contributed by atoms with E-state index in [9.17, 15) is 13.2 Å². The highest BCUT2D eigenvalue weighted by Gasteiger charge is 2.22. The van der Waals surface area contributed by atoms with E-state index in [1.807, 2.05) is 6.07 Å². The van der Waals surface area contributed by atoms with Gasteiger partial charge in [0.2, 0.25) is 10.0 Å². The lowest BCUT2D eigenvalue weighted by Gasteiger charge is -2.14. The van der Waals surface area contributed by atoms with Crippen LogP contribution in [0.3, 0.4) is 0 Å². The molecule has 0 radical (unpaired) electrons. The summed E-state index contributed by atoms with van der Waals surface area (Å²) in [4.78, 5) is 12.3. The van der Waals surface area contributed by atoms with Crippen molar-refractivity contribution in [3.8, 4) is 0 Å². The summed E-state index contributed by atoms with van der Waals surface area (Å²) in [7, 11) is -0.947. The van der Waals surface area contributed by atoms with Crippen LogP contribution >= 0.6 is 43.5 Å². The summed E-state index contributed by atoms with van der Waals surface area (Å²) in [5.41, 5.74) is 0.744. The normalized spacial score (nSPS) is 11.6. The second kappa shape index (κ2) is 7.53. The summed E-state index contributed by atoms with van der Waals surface area (Å²) in [6.07, 6.45) is 0. The number of nitrogens with zero attached hydrogens (tertiary/aromatic N) is 1. The van der Waals surface area contributed by atoms with Crippen LogP contribution in [0, 0.1) is 0 Å². The molecular weight excluding hydrogens is 484 g/mol. The van der Waals surface area contributed by atoms with E-state index in [0.717, 1.165) is 8.78 Å². The summed E-state index contributed by atoms with van der Waals surface area (Å²) in [6, 6.07) is 9.46. The molecule has 9 heteroatoms. The summed E-state index contributed by atoms with van der Waals surface area (Å²) in [6.45, 7) is 0. The molecule has 0 spiro atoms. The second-order valence-electron chi connectivity index (χ2n) is 5.01. The van der Waals surface area contributed by atoms with Gasteiger partial charge < -0.3 is 5.32 Å². The van der Waals surface area contributed by atoms with Gasteiger partial charge in [-0.05, 0) is 52.3 Å². The number of hydrogen-bond acceptors (Lipinski definition) is 3. The van der Waals surface area contributed by atoms with Crippen LogP contribution in [0.1, 0.15) is 10.4 Å². The Bertz CT molecular complexity index is 902. The molecule has 128 valence electrons. The molecule has 2 aromatic rings. The molecule has 1 N–H and O–H groups in total. The third-order valence-electron chi connectivity index (χ3n) is 3.13. The highest BCUT2D eigenvalue weighted by atomic mass is 79.9. The molecule has 0 saturated carbocycles. The van der Waals surface area contributed by atoms with E-state index < -0.39 is 15.9 Å². The van der Waals surface area contributed by atoms with Crippen LogP contribution in [0.15, 0.2) is 50.2 Å². The Kier molecular flexibility index (Phi) is 6.09. The van der Waals surface area contributed by atoms with Crippen LogP contribution in [-0.4, -0.2) is 32.7 Å². The van der Waals surface area contributed by atoms with Gasteiger partial charge in [0.05, 0.1) is 10.7 Å². The molecule has 1 amide bonds. The zero-order chi connectivity index (χ0) is 18.1. The molecule has 2 aromatic carbocycles. The Labute approximate surface area is 162 Å². The quantitative estimate of drug-likeness (QED) is 0.684. The summed E-state index contributed by atoms with van der Waals surface area (Å²) in [5, 5.41) is 2.79. The Hall–Kier alpha value is -0.930. The van der Waals surface area contributed by atoms with Crippen LogP contribution in [0.4, 0.5) is 5.69 Å². The van der Waals surface area contributed by atoms with Gasteiger partial charge in [0.25, 0.3) is 5.91 Å². The number of halogens is 3. The first-order chi connectivity index (χ1) is 11.1. The fraction of sp³-hybridized carbons (Fsp3) is 0.133. The first kappa shape index (κ1) is 19.4. The van der Waals surface area contributed by atoms with Crippen LogP contribution in [-0.2, 0) is 10.0 Å². The average molecular weight is 497 g/mol. The minimum atomic E-state index is -3.75. The predicted octanol–water partition coefficient (Wildman–Crippen LogP) is 4.37. The maximum absolute atomic E-state index is 12.4. The molecule has 5 nitrogen and oxygen atoms in total. The molecule has 0 aliphatic carbocycles. The van der Waals surface area contributed by atoms with Crippen molar-refractivity contribution in [3.63, 3.8) is 0 Å². The Morgan fingerprint density at radius 3 is 2.42 bits per heavy atom.